The van der Waals surface area contributed by atoms with E-state index in [-0.39, 0.29) is 17.4 Å². The second-order valence-corrected chi connectivity index (χ2v) is 9.65. The van der Waals surface area contributed by atoms with Crippen LogP contribution in [0, 0.1) is 0 Å². The van der Waals surface area contributed by atoms with Crippen LogP contribution in [0.5, 0.6) is 5.75 Å². The van der Waals surface area contributed by atoms with E-state index in [2.05, 4.69) is 20.7 Å². The van der Waals surface area contributed by atoms with Gasteiger partial charge in [0, 0.05) is 15.9 Å². The number of carbonyl (C=O) groups is 1. The second kappa shape index (κ2) is 10.6. The zero-order valence-corrected chi connectivity index (χ0v) is 18.6. The number of rotatable bonds is 8. The van der Waals surface area contributed by atoms with Crippen LogP contribution in [0.25, 0.3) is 0 Å². The Hall–Kier alpha value is -2.07. The molecule has 0 aliphatic rings. The summed E-state index contributed by atoms with van der Waals surface area (Å²) in [6, 6.07) is 14.3. The molecule has 3 aromatic rings. The van der Waals surface area contributed by atoms with Crippen molar-refractivity contribution >= 4 is 58.1 Å². The third kappa shape index (κ3) is 6.46. The number of para-hydroxylation sites is 1. The van der Waals surface area contributed by atoms with Gasteiger partial charge in [0.25, 0.3) is 5.91 Å². The van der Waals surface area contributed by atoms with Gasteiger partial charge < -0.3 is 5.11 Å². The summed E-state index contributed by atoms with van der Waals surface area (Å²) in [6.45, 7) is 1.68. The molecule has 29 heavy (non-hydrogen) atoms. The van der Waals surface area contributed by atoms with Crippen molar-refractivity contribution in [2.75, 3.05) is 5.75 Å². The minimum Gasteiger partial charge on any atom is -0.872 e. The van der Waals surface area contributed by atoms with E-state index in [1.807, 2.05) is 24.3 Å². The number of thioether (sulfide) groups is 2. The summed E-state index contributed by atoms with van der Waals surface area (Å²) in [4.78, 5) is 12.0. The maximum atomic E-state index is 12.0. The topological polar surface area (TPSA) is 91.6 Å². The Balaban J connectivity index is 1.47. The molecule has 2 aromatic carbocycles. The summed E-state index contributed by atoms with van der Waals surface area (Å²) in [6.07, 6.45) is 0. The molecule has 2 N–H and O–H groups in total. The number of amides is 1. The zero-order valence-electron chi connectivity index (χ0n) is 15.3. The Morgan fingerprint density at radius 2 is 2.00 bits per heavy atom. The van der Waals surface area contributed by atoms with Gasteiger partial charge in [-0.15, -0.1) is 0 Å². The third-order valence-corrected chi connectivity index (χ3v) is 7.36. The highest BCUT2D eigenvalue weighted by molar-refractivity contribution is 8.03. The Bertz CT molecular complexity index is 1030. The number of hydrazone groups is 1. The molecule has 0 unspecified atom stereocenters. The number of nitrogens with one attached hydrogen (secondary N) is 2. The molecular formula is C19H17ClN4O2S3. The smallest absolute Gasteiger partial charge is 0.323 e. The van der Waals surface area contributed by atoms with Crippen LogP contribution in [-0.4, -0.2) is 22.5 Å². The number of carbonyl (C=O) groups excluding carboxylic acids is 1. The fraction of sp³-hybridized carbons (Fsp3) is 0.158. The number of hydrogen-bond acceptors (Lipinski definition) is 7. The lowest BCUT2D eigenvalue weighted by Gasteiger charge is -2.12. The largest absolute Gasteiger partial charge is 0.872 e. The fourth-order valence-corrected chi connectivity index (χ4v) is 5.40. The van der Waals surface area contributed by atoms with Gasteiger partial charge >= 0.3 is 4.34 Å². The number of benzene rings is 2. The molecule has 0 spiro atoms. The number of nitrogens with zero attached hydrogens (tertiary/aromatic N) is 2. The van der Waals surface area contributed by atoms with Crippen LogP contribution in [0.4, 0.5) is 0 Å². The first-order chi connectivity index (χ1) is 14.0. The van der Waals surface area contributed by atoms with Crippen molar-refractivity contribution < 1.29 is 15.0 Å². The molecule has 0 saturated heterocycles. The van der Waals surface area contributed by atoms with E-state index in [0.29, 0.717) is 11.3 Å². The van der Waals surface area contributed by atoms with Gasteiger partial charge in [0.2, 0.25) is 4.34 Å². The van der Waals surface area contributed by atoms with Gasteiger partial charge in [0.15, 0.2) is 0 Å². The highest BCUT2D eigenvalue weighted by atomic mass is 35.5. The maximum absolute atomic E-state index is 12.0. The Morgan fingerprint density at radius 3 is 2.79 bits per heavy atom. The zero-order chi connectivity index (χ0) is 20.6. The first-order valence-electron chi connectivity index (χ1n) is 8.50. The monoisotopic (exact) mass is 464 g/mol. The van der Waals surface area contributed by atoms with Gasteiger partial charge in [0.05, 0.1) is 11.5 Å². The Morgan fingerprint density at radius 1 is 1.24 bits per heavy atom. The molecule has 0 saturated carbocycles. The Kier molecular flexibility index (Phi) is 7.93. The van der Waals surface area contributed by atoms with E-state index in [1.165, 1.54) is 29.2 Å². The minimum absolute atomic E-state index is 0.127. The summed E-state index contributed by atoms with van der Waals surface area (Å²) >= 11 is 10.6. The van der Waals surface area contributed by atoms with Crippen LogP contribution in [0.2, 0.25) is 5.02 Å². The third-order valence-electron chi connectivity index (χ3n) is 3.69. The summed E-state index contributed by atoms with van der Waals surface area (Å²) in [7, 11) is 0. The molecule has 0 bridgehead atoms. The van der Waals surface area contributed by atoms with Crippen LogP contribution in [0.3, 0.4) is 0 Å². The summed E-state index contributed by atoms with van der Waals surface area (Å²) in [5.74, 6) is 0.514. The average molecular weight is 465 g/mol. The van der Waals surface area contributed by atoms with Crippen molar-refractivity contribution in [1.29, 1.82) is 0 Å². The maximum Gasteiger partial charge on any atom is 0.323 e. The van der Waals surface area contributed by atoms with E-state index >= 15 is 0 Å². The number of aromatic amines is 1. The SMILES string of the molecule is CC(=NNC(=O)CSc1n[nH+]c(SCc2ccccc2Cl)s1)c1ccccc1[O-]. The van der Waals surface area contributed by atoms with E-state index in [1.54, 1.807) is 36.9 Å². The van der Waals surface area contributed by atoms with Crippen molar-refractivity contribution in [2.24, 2.45) is 5.10 Å². The first kappa shape index (κ1) is 21.6. The number of H-pyrrole nitrogens is 1. The van der Waals surface area contributed by atoms with Gasteiger partial charge in [0.1, 0.15) is 0 Å². The molecule has 0 atom stereocenters. The average Bonchev–Trinajstić information content (AvgIpc) is 3.18. The van der Waals surface area contributed by atoms with Gasteiger partial charge in [-0.05, 0) is 47.2 Å². The number of hydrogen-bond donors (Lipinski definition) is 1. The predicted octanol–water partition coefficient (Wildman–Crippen LogP) is 3.61. The normalized spacial score (nSPS) is 11.4. The second-order valence-electron chi connectivity index (χ2n) is 5.78. The van der Waals surface area contributed by atoms with Crippen LogP contribution in [-0.2, 0) is 10.5 Å². The standard InChI is InChI=1S/C19H17ClN4O2S3/c1-12(14-7-3-5-9-16(14)25)21-22-17(26)11-28-19-24-23-18(29-19)27-10-13-6-2-4-8-15(13)20/h2-9,25H,10-11H2,1H3,(H,22,26). The first-order valence-corrected chi connectivity index (χ1v) is 11.7. The van der Waals surface area contributed by atoms with Crippen LogP contribution >= 0.6 is 46.5 Å². The molecule has 6 nitrogen and oxygen atoms in total. The van der Waals surface area contributed by atoms with Crippen LogP contribution in [0.1, 0.15) is 18.1 Å². The number of aromatic nitrogens is 2. The van der Waals surface area contributed by atoms with Crippen molar-refractivity contribution in [3.8, 4) is 5.75 Å². The highest BCUT2D eigenvalue weighted by Crippen LogP contribution is 2.30. The summed E-state index contributed by atoms with van der Waals surface area (Å²) < 4.78 is 1.70. The molecule has 0 aliphatic carbocycles. The lowest BCUT2D eigenvalue weighted by Crippen LogP contribution is -2.21. The van der Waals surface area contributed by atoms with Crippen molar-refractivity contribution in [3.05, 3.63) is 64.7 Å². The molecular weight excluding hydrogens is 448 g/mol. The fourth-order valence-electron chi connectivity index (χ4n) is 2.23. The van der Waals surface area contributed by atoms with Gasteiger partial charge in [-0.1, -0.05) is 76.7 Å². The van der Waals surface area contributed by atoms with Gasteiger partial charge in [-0.2, -0.15) is 5.10 Å². The van der Waals surface area contributed by atoms with Crippen molar-refractivity contribution in [2.45, 2.75) is 21.4 Å². The quantitative estimate of drug-likeness (QED) is 0.312. The van der Waals surface area contributed by atoms with E-state index in [9.17, 15) is 9.90 Å². The van der Waals surface area contributed by atoms with Gasteiger partial charge in [-0.3, -0.25) is 4.79 Å². The van der Waals surface area contributed by atoms with E-state index < -0.39 is 0 Å². The summed E-state index contributed by atoms with van der Waals surface area (Å²) in [5.41, 5.74) is 4.47. The van der Waals surface area contributed by atoms with Crippen molar-refractivity contribution in [1.82, 2.24) is 10.5 Å². The highest BCUT2D eigenvalue weighted by Gasteiger charge is 2.14. The molecule has 0 aliphatic heterocycles. The van der Waals surface area contributed by atoms with E-state index in [0.717, 1.165) is 25.0 Å². The lowest BCUT2D eigenvalue weighted by atomic mass is 10.1. The van der Waals surface area contributed by atoms with Crippen LogP contribution < -0.4 is 15.6 Å². The molecule has 0 fully saturated rings. The Labute approximate surface area is 185 Å². The van der Waals surface area contributed by atoms with E-state index in [4.69, 9.17) is 11.6 Å². The molecule has 1 amide bonds. The molecule has 0 radical (unpaired) electrons. The van der Waals surface area contributed by atoms with Gasteiger partial charge in [-0.25, -0.2) is 5.43 Å². The van der Waals surface area contributed by atoms with Crippen LogP contribution in [0.15, 0.2) is 62.3 Å². The lowest BCUT2D eigenvalue weighted by molar-refractivity contribution is -0.492. The number of halogens is 1. The molecule has 1 heterocycles. The molecule has 1 aromatic heterocycles. The molecule has 3 rings (SSSR count). The molecule has 10 heteroatoms. The summed E-state index contributed by atoms with van der Waals surface area (Å²) in [5, 5.41) is 23.7. The predicted molar refractivity (Wildman–Crippen MR) is 117 cm³/mol. The van der Waals surface area contributed by atoms with Crippen molar-refractivity contribution in [3.63, 3.8) is 0 Å². The molecule has 150 valence electrons. The minimum atomic E-state index is -0.266.